The van der Waals surface area contributed by atoms with E-state index >= 15 is 0 Å². The molecule has 0 heterocycles. The van der Waals surface area contributed by atoms with Crippen LogP contribution >= 0.6 is 0 Å². The second-order valence-corrected chi connectivity index (χ2v) is 5.77. The third kappa shape index (κ3) is 7.14. The van der Waals surface area contributed by atoms with E-state index < -0.39 is 23.9 Å². The molecule has 0 unspecified atom stereocenters. The first-order valence-corrected chi connectivity index (χ1v) is 9.18. The molecule has 1 amide bonds. The molecule has 2 rings (SSSR count). The summed E-state index contributed by atoms with van der Waals surface area (Å²) in [7, 11) is 0. The van der Waals surface area contributed by atoms with Gasteiger partial charge in [-0.1, -0.05) is 30.3 Å². The van der Waals surface area contributed by atoms with Gasteiger partial charge in [0, 0.05) is 6.08 Å². The van der Waals surface area contributed by atoms with Crippen molar-refractivity contribution in [1.82, 2.24) is 5.32 Å². The van der Waals surface area contributed by atoms with Crippen molar-refractivity contribution in [3.8, 4) is 11.5 Å². The molecule has 0 aliphatic rings. The van der Waals surface area contributed by atoms with Crippen molar-refractivity contribution in [3.05, 3.63) is 66.2 Å². The third-order valence-electron chi connectivity index (χ3n) is 3.60. The summed E-state index contributed by atoms with van der Waals surface area (Å²) in [5.74, 6) is -1.07. The number of carbonyl (C=O) groups is 3. The van der Waals surface area contributed by atoms with Gasteiger partial charge in [-0.25, -0.2) is 9.59 Å². The molecule has 0 radical (unpaired) electrons. The molecular formula is C22H23NO6. The van der Waals surface area contributed by atoms with Crippen molar-refractivity contribution < 1.29 is 28.6 Å². The summed E-state index contributed by atoms with van der Waals surface area (Å²) < 4.78 is 15.4. The van der Waals surface area contributed by atoms with Crippen LogP contribution in [0.5, 0.6) is 11.5 Å². The molecule has 0 aliphatic carbocycles. The SMILES string of the molecule is CCOC(=O)C(NC(=O)/C=C/c1cccc(Oc2ccccc2)c1)C(=O)OCC. The minimum Gasteiger partial charge on any atom is -0.464 e. The summed E-state index contributed by atoms with van der Waals surface area (Å²) in [6, 6.07) is 14.9. The van der Waals surface area contributed by atoms with Gasteiger partial charge in [-0.2, -0.15) is 0 Å². The Kier molecular flexibility index (Phi) is 8.44. The molecule has 7 nitrogen and oxygen atoms in total. The van der Waals surface area contributed by atoms with E-state index in [2.05, 4.69) is 5.32 Å². The highest BCUT2D eigenvalue weighted by Crippen LogP contribution is 2.22. The highest BCUT2D eigenvalue weighted by Gasteiger charge is 2.30. The van der Waals surface area contributed by atoms with Gasteiger partial charge in [0.25, 0.3) is 0 Å². The highest BCUT2D eigenvalue weighted by molar-refractivity contribution is 6.04. The minimum absolute atomic E-state index is 0.0780. The lowest BCUT2D eigenvalue weighted by Gasteiger charge is -2.14. The van der Waals surface area contributed by atoms with Crippen molar-refractivity contribution in [2.75, 3.05) is 13.2 Å². The number of amides is 1. The van der Waals surface area contributed by atoms with Crippen LogP contribution in [0.15, 0.2) is 60.7 Å². The summed E-state index contributed by atoms with van der Waals surface area (Å²) in [6.45, 7) is 3.36. The van der Waals surface area contributed by atoms with Gasteiger partial charge in [-0.05, 0) is 49.8 Å². The second kappa shape index (κ2) is 11.3. The first-order chi connectivity index (χ1) is 14.0. The van der Waals surface area contributed by atoms with E-state index in [1.54, 1.807) is 44.2 Å². The van der Waals surface area contributed by atoms with Gasteiger partial charge in [-0.15, -0.1) is 0 Å². The Bertz CT molecular complexity index is 845. The number of rotatable bonds is 9. The molecule has 2 aromatic rings. The Morgan fingerprint density at radius 2 is 1.52 bits per heavy atom. The van der Waals surface area contributed by atoms with Crippen LogP contribution in [-0.4, -0.2) is 37.1 Å². The first kappa shape index (κ1) is 21.7. The first-order valence-electron chi connectivity index (χ1n) is 9.18. The van der Waals surface area contributed by atoms with Crippen LogP contribution in [-0.2, 0) is 23.9 Å². The lowest BCUT2D eigenvalue weighted by atomic mass is 10.2. The summed E-state index contributed by atoms with van der Waals surface area (Å²) in [5.41, 5.74) is 0.706. The Balaban J connectivity index is 2.03. The van der Waals surface area contributed by atoms with E-state index in [-0.39, 0.29) is 13.2 Å². The number of para-hydroxylation sites is 1. The molecule has 29 heavy (non-hydrogen) atoms. The standard InChI is InChI=1S/C22H23NO6/c1-3-27-21(25)20(22(26)28-4-2)23-19(24)14-13-16-9-8-12-18(15-16)29-17-10-6-5-7-11-17/h5-15,20H,3-4H2,1-2H3,(H,23,24)/b14-13+. The zero-order chi connectivity index (χ0) is 21.1. The van der Waals surface area contributed by atoms with Crippen LogP contribution in [0.1, 0.15) is 19.4 Å². The highest BCUT2D eigenvalue weighted by atomic mass is 16.6. The Labute approximate surface area is 169 Å². The number of ether oxygens (including phenoxy) is 3. The molecule has 0 aromatic heterocycles. The molecule has 0 aliphatic heterocycles. The van der Waals surface area contributed by atoms with Crippen molar-refractivity contribution in [2.45, 2.75) is 19.9 Å². The summed E-state index contributed by atoms with van der Waals surface area (Å²) >= 11 is 0. The smallest absolute Gasteiger partial charge is 0.340 e. The lowest BCUT2D eigenvalue weighted by molar-refractivity contribution is -0.159. The molecule has 7 heteroatoms. The number of carbonyl (C=O) groups excluding carboxylic acids is 3. The van der Waals surface area contributed by atoms with Gasteiger partial charge >= 0.3 is 11.9 Å². The van der Waals surface area contributed by atoms with Crippen LogP contribution in [0.25, 0.3) is 6.08 Å². The molecule has 0 saturated carbocycles. The Morgan fingerprint density at radius 3 is 2.14 bits per heavy atom. The van der Waals surface area contributed by atoms with Crippen LogP contribution in [0.4, 0.5) is 0 Å². The maximum absolute atomic E-state index is 12.2. The van der Waals surface area contributed by atoms with Crippen LogP contribution in [0, 0.1) is 0 Å². The van der Waals surface area contributed by atoms with Crippen LogP contribution in [0.2, 0.25) is 0 Å². The van der Waals surface area contributed by atoms with Crippen molar-refractivity contribution in [2.24, 2.45) is 0 Å². The number of nitrogens with one attached hydrogen (secondary N) is 1. The molecule has 152 valence electrons. The fourth-order valence-electron chi connectivity index (χ4n) is 2.33. The second-order valence-electron chi connectivity index (χ2n) is 5.77. The zero-order valence-electron chi connectivity index (χ0n) is 16.3. The van der Waals surface area contributed by atoms with Gasteiger partial charge in [0.1, 0.15) is 11.5 Å². The number of hydrogen-bond acceptors (Lipinski definition) is 6. The average molecular weight is 397 g/mol. The fraction of sp³-hybridized carbons (Fsp3) is 0.227. The Morgan fingerprint density at radius 1 is 0.897 bits per heavy atom. The quantitative estimate of drug-likeness (QED) is 0.397. The van der Waals surface area contributed by atoms with Gasteiger partial charge in [0.05, 0.1) is 13.2 Å². The largest absolute Gasteiger partial charge is 0.464 e. The van der Waals surface area contributed by atoms with E-state index in [0.29, 0.717) is 17.1 Å². The summed E-state index contributed by atoms with van der Waals surface area (Å²) in [6.07, 6.45) is 2.76. The number of hydrogen-bond donors (Lipinski definition) is 1. The average Bonchev–Trinajstić information content (AvgIpc) is 2.72. The fourth-order valence-corrected chi connectivity index (χ4v) is 2.33. The van der Waals surface area contributed by atoms with Gasteiger partial charge in [0.2, 0.25) is 11.9 Å². The van der Waals surface area contributed by atoms with E-state index in [0.717, 1.165) is 0 Å². The topological polar surface area (TPSA) is 90.9 Å². The van der Waals surface area contributed by atoms with Crippen molar-refractivity contribution >= 4 is 23.9 Å². The van der Waals surface area contributed by atoms with E-state index in [9.17, 15) is 14.4 Å². The monoisotopic (exact) mass is 397 g/mol. The van der Waals surface area contributed by atoms with Gasteiger partial charge in [0.15, 0.2) is 0 Å². The van der Waals surface area contributed by atoms with E-state index in [1.807, 2.05) is 30.3 Å². The van der Waals surface area contributed by atoms with E-state index in [1.165, 1.54) is 6.08 Å². The van der Waals surface area contributed by atoms with Crippen LogP contribution in [0.3, 0.4) is 0 Å². The molecule has 1 N–H and O–H groups in total. The molecular weight excluding hydrogens is 374 g/mol. The maximum atomic E-state index is 12.2. The summed E-state index contributed by atoms with van der Waals surface area (Å²) in [5, 5.41) is 2.30. The number of esters is 2. The normalized spacial score (nSPS) is 10.6. The van der Waals surface area contributed by atoms with Gasteiger partial charge < -0.3 is 19.5 Å². The van der Waals surface area contributed by atoms with Gasteiger partial charge in [-0.3, -0.25) is 4.79 Å². The molecule has 0 fully saturated rings. The molecule has 2 aromatic carbocycles. The van der Waals surface area contributed by atoms with Crippen molar-refractivity contribution in [1.29, 1.82) is 0 Å². The molecule has 0 saturated heterocycles. The predicted molar refractivity (Wildman–Crippen MR) is 107 cm³/mol. The van der Waals surface area contributed by atoms with E-state index in [4.69, 9.17) is 14.2 Å². The molecule has 0 atom stereocenters. The Hall–Kier alpha value is -3.61. The zero-order valence-corrected chi connectivity index (χ0v) is 16.3. The minimum atomic E-state index is -1.51. The molecule has 0 spiro atoms. The maximum Gasteiger partial charge on any atom is 0.340 e. The lowest BCUT2D eigenvalue weighted by Crippen LogP contribution is -2.47. The number of benzene rings is 2. The molecule has 0 bridgehead atoms. The third-order valence-corrected chi connectivity index (χ3v) is 3.60. The predicted octanol–water partition coefficient (Wildman–Crippen LogP) is 3.10. The van der Waals surface area contributed by atoms with Crippen molar-refractivity contribution in [3.63, 3.8) is 0 Å². The van der Waals surface area contributed by atoms with Crippen LogP contribution < -0.4 is 10.1 Å². The summed E-state index contributed by atoms with van der Waals surface area (Å²) in [4.78, 5) is 36.0.